The van der Waals surface area contributed by atoms with Crippen molar-refractivity contribution in [2.75, 3.05) is 24.6 Å². The van der Waals surface area contributed by atoms with Gasteiger partial charge in [-0.15, -0.1) is 0 Å². The summed E-state index contributed by atoms with van der Waals surface area (Å²) in [5.74, 6) is 0.132. The van der Waals surface area contributed by atoms with Crippen molar-refractivity contribution in [1.82, 2.24) is 4.90 Å². The summed E-state index contributed by atoms with van der Waals surface area (Å²) in [7, 11) is 0. The van der Waals surface area contributed by atoms with E-state index in [1.807, 2.05) is 37.3 Å². The molecule has 4 rings (SSSR count). The number of piperidine rings is 1. The zero-order valence-electron chi connectivity index (χ0n) is 17.0. The number of anilines is 1. The summed E-state index contributed by atoms with van der Waals surface area (Å²) in [5.41, 5.74) is 8.72. The molecule has 0 unspecified atom stereocenters. The molecule has 0 spiro atoms. The number of rotatable bonds is 4. The minimum absolute atomic E-state index is 0.0221. The van der Waals surface area contributed by atoms with Gasteiger partial charge in [0, 0.05) is 24.6 Å². The van der Waals surface area contributed by atoms with Gasteiger partial charge in [-0.3, -0.25) is 14.4 Å². The number of ether oxygens (including phenoxy) is 1. The molecule has 7 heteroatoms. The molecule has 0 atom stereocenters. The zero-order valence-corrected chi connectivity index (χ0v) is 17.0. The van der Waals surface area contributed by atoms with Gasteiger partial charge < -0.3 is 20.3 Å². The predicted molar refractivity (Wildman–Crippen MR) is 112 cm³/mol. The summed E-state index contributed by atoms with van der Waals surface area (Å²) in [5, 5.41) is 0. The number of likely N-dealkylation sites (tertiary alicyclic amines) is 1. The molecule has 2 aromatic rings. The first kappa shape index (κ1) is 19.9. The Balaban J connectivity index is 1.44. The van der Waals surface area contributed by atoms with Crippen molar-refractivity contribution in [3.8, 4) is 5.75 Å². The van der Waals surface area contributed by atoms with E-state index >= 15 is 0 Å². The van der Waals surface area contributed by atoms with Crippen LogP contribution >= 0.6 is 0 Å². The van der Waals surface area contributed by atoms with Crippen LogP contribution in [-0.2, 0) is 16.1 Å². The first-order chi connectivity index (χ1) is 14.4. The Hall–Kier alpha value is -3.35. The van der Waals surface area contributed by atoms with E-state index in [2.05, 4.69) is 0 Å². The molecule has 7 nitrogen and oxygen atoms in total. The molecule has 2 aliphatic heterocycles. The van der Waals surface area contributed by atoms with Gasteiger partial charge >= 0.3 is 0 Å². The molecule has 0 radical (unpaired) electrons. The molecule has 2 N–H and O–H groups in total. The number of nitrogens with two attached hydrogens (primary N) is 1. The van der Waals surface area contributed by atoms with Crippen LogP contribution < -0.4 is 15.4 Å². The summed E-state index contributed by atoms with van der Waals surface area (Å²) < 4.78 is 5.55. The number of aryl methyl sites for hydroxylation is 1. The second-order valence-electron chi connectivity index (χ2n) is 7.91. The minimum Gasteiger partial charge on any atom is -0.482 e. The van der Waals surface area contributed by atoms with E-state index in [9.17, 15) is 14.4 Å². The molecular formula is C23H25N3O4. The number of primary amides is 1. The van der Waals surface area contributed by atoms with Crippen LogP contribution in [0, 0.1) is 12.8 Å². The highest BCUT2D eigenvalue weighted by Crippen LogP contribution is 2.33. The van der Waals surface area contributed by atoms with Crippen molar-refractivity contribution in [1.29, 1.82) is 0 Å². The summed E-state index contributed by atoms with van der Waals surface area (Å²) in [6.45, 7) is 3.49. The van der Waals surface area contributed by atoms with E-state index < -0.39 is 0 Å². The molecule has 0 bridgehead atoms. The van der Waals surface area contributed by atoms with E-state index in [1.54, 1.807) is 21.9 Å². The summed E-state index contributed by atoms with van der Waals surface area (Å²) in [6, 6.07) is 13.1. The highest BCUT2D eigenvalue weighted by Gasteiger charge is 2.27. The molecular weight excluding hydrogens is 382 g/mol. The molecule has 30 heavy (non-hydrogen) atoms. The highest BCUT2D eigenvalue weighted by atomic mass is 16.5. The molecule has 3 amide bonds. The van der Waals surface area contributed by atoms with Crippen LogP contribution in [-0.4, -0.2) is 42.3 Å². The zero-order chi connectivity index (χ0) is 21.3. The van der Waals surface area contributed by atoms with Gasteiger partial charge in [0.1, 0.15) is 5.75 Å². The van der Waals surface area contributed by atoms with Gasteiger partial charge in [0.25, 0.3) is 11.8 Å². The number of fused-ring (bicyclic) bond motifs is 1. The Morgan fingerprint density at radius 1 is 1.10 bits per heavy atom. The third kappa shape index (κ3) is 4.01. The summed E-state index contributed by atoms with van der Waals surface area (Å²) in [4.78, 5) is 39.9. The maximum absolute atomic E-state index is 12.8. The van der Waals surface area contributed by atoms with Gasteiger partial charge in [-0.25, -0.2) is 0 Å². The van der Waals surface area contributed by atoms with Crippen LogP contribution in [0.2, 0.25) is 0 Å². The second kappa shape index (κ2) is 8.18. The van der Waals surface area contributed by atoms with Crippen LogP contribution in [0.15, 0.2) is 42.5 Å². The third-order valence-corrected chi connectivity index (χ3v) is 5.78. The van der Waals surface area contributed by atoms with Crippen molar-refractivity contribution in [3.63, 3.8) is 0 Å². The fourth-order valence-electron chi connectivity index (χ4n) is 3.97. The first-order valence-electron chi connectivity index (χ1n) is 10.1. The Morgan fingerprint density at radius 2 is 1.80 bits per heavy atom. The smallest absolute Gasteiger partial charge is 0.265 e. The van der Waals surface area contributed by atoms with Gasteiger partial charge in [0.15, 0.2) is 6.61 Å². The van der Waals surface area contributed by atoms with Gasteiger partial charge in [-0.1, -0.05) is 18.2 Å². The molecule has 0 aliphatic carbocycles. The number of benzene rings is 2. The van der Waals surface area contributed by atoms with Crippen molar-refractivity contribution < 1.29 is 19.1 Å². The normalized spacial score (nSPS) is 16.8. The molecule has 0 aromatic heterocycles. The Bertz CT molecular complexity index is 978. The number of carbonyl (C=O) groups is 3. The van der Waals surface area contributed by atoms with Crippen LogP contribution in [0.1, 0.15) is 34.3 Å². The van der Waals surface area contributed by atoms with Gasteiger partial charge in [0.05, 0.1) is 12.2 Å². The van der Waals surface area contributed by atoms with Crippen LogP contribution in [0.25, 0.3) is 0 Å². The molecule has 156 valence electrons. The van der Waals surface area contributed by atoms with E-state index in [0.29, 0.717) is 43.8 Å². The van der Waals surface area contributed by atoms with Gasteiger partial charge in [-0.05, 0) is 55.2 Å². The largest absolute Gasteiger partial charge is 0.482 e. The SMILES string of the molecule is Cc1ccc2c(c1)OCC(=O)N2Cc1ccc(C(=O)N2CCC(C(N)=O)CC2)cc1. The Kier molecular flexibility index (Phi) is 5.44. The minimum atomic E-state index is -0.291. The monoisotopic (exact) mass is 407 g/mol. The summed E-state index contributed by atoms with van der Waals surface area (Å²) >= 11 is 0. The maximum atomic E-state index is 12.8. The Labute approximate surface area is 175 Å². The van der Waals surface area contributed by atoms with Gasteiger partial charge in [-0.2, -0.15) is 0 Å². The molecule has 0 saturated carbocycles. The number of carbonyl (C=O) groups excluding carboxylic acids is 3. The fourth-order valence-corrected chi connectivity index (χ4v) is 3.97. The van der Waals surface area contributed by atoms with E-state index in [4.69, 9.17) is 10.5 Å². The average Bonchev–Trinajstić information content (AvgIpc) is 2.76. The molecule has 1 saturated heterocycles. The van der Waals surface area contributed by atoms with Gasteiger partial charge in [0.2, 0.25) is 5.91 Å². The lowest BCUT2D eigenvalue weighted by Crippen LogP contribution is -2.41. The van der Waals surface area contributed by atoms with Crippen LogP contribution in [0.4, 0.5) is 5.69 Å². The number of amides is 3. The second-order valence-corrected chi connectivity index (χ2v) is 7.91. The lowest BCUT2D eigenvalue weighted by Gasteiger charge is -2.31. The average molecular weight is 407 g/mol. The van der Waals surface area contributed by atoms with E-state index in [1.165, 1.54) is 0 Å². The van der Waals surface area contributed by atoms with Crippen molar-refractivity contribution >= 4 is 23.4 Å². The molecule has 2 aromatic carbocycles. The van der Waals surface area contributed by atoms with Crippen molar-refractivity contribution in [3.05, 3.63) is 59.2 Å². The third-order valence-electron chi connectivity index (χ3n) is 5.78. The van der Waals surface area contributed by atoms with Crippen molar-refractivity contribution in [2.45, 2.75) is 26.3 Å². The standard InChI is InChI=1S/C23H25N3O4/c1-15-2-7-19-20(12-15)30-14-21(27)26(19)13-16-3-5-18(6-4-16)23(29)25-10-8-17(9-11-25)22(24)28/h2-7,12,17H,8-11,13-14H2,1H3,(H2,24,28). The number of nitrogens with zero attached hydrogens (tertiary/aromatic N) is 2. The molecule has 1 fully saturated rings. The van der Waals surface area contributed by atoms with Crippen LogP contribution in [0.5, 0.6) is 5.75 Å². The maximum Gasteiger partial charge on any atom is 0.265 e. The number of hydrogen-bond acceptors (Lipinski definition) is 4. The van der Waals surface area contributed by atoms with E-state index in [0.717, 1.165) is 16.8 Å². The fraction of sp³-hybridized carbons (Fsp3) is 0.348. The van der Waals surface area contributed by atoms with E-state index in [-0.39, 0.29) is 30.2 Å². The first-order valence-corrected chi connectivity index (χ1v) is 10.1. The van der Waals surface area contributed by atoms with Crippen molar-refractivity contribution in [2.24, 2.45) is 11.7 Å². The molecule has 2 heterocycles. The summed E-state index contributed by atoms with van der Waals surface area (Å²) in [6.07, 6.45) is 1.22. The topological polar surface area (TPSA) is 92.9 Å². The molecule has 2 aliphatic rings. The lowest BCUT2D eigenvalue weighted by molar-refractivity contribution is -0.123. The Morgan fingerprint density at radius 3 is 2.47 bits per heavy atom. The lowest BCUT2D eigenvalue weighted by atomic mass is 9.96. The number of hydrogen-bond donors (Lipinski definition) is 1. The quantitative estimate of drug-likeness (QED) is 0.841. The highest BCUT2D eigenvalue weighted by molar-refractivity contribution is 5.98. The predicted octanol–water partition coefficient (Wildman–Crippen LogP) is 2.26. The van der Waals surface area contributed by atoms with Crippen LogP contribution in [0.3, 0.4) is 0 Å².